The Bertz CT molecular complexity index is 1130. The van der Waals surface area contributed by atoms with Gasteiger partial charge in [-0.2, -0.15) is 0 Å². The lowest BCUT2D eigenvalue weighted by Crippen LogP contribution is -2.53. The Balaban J connectivity index is 1.66. The van der Waals surface area contributed by atoms with Crippen molar-refractivity contribution in [2.24, 2.45) is 0 Å². The molecule has 0 bridgehead atoms. The SMILES string of the molecule is CCN1C(=O)/C(=C\c2c(C)n(CC(=O)NCC3CCCO3)c3ccccc23)C(=O)NC1=S. The molecule has 1 aromatic carbocycles. The molecule has 0 saturated carbocycles. The van der Waals surface area contributed by atoms with Gasteiger partial charge in [-0.3, -0.25) is 24.6 Å². The number of fused-ring (bicyclic) bond motifs is 1. The summed E-state index contributed by atoms with van der Waals surface area (Å²) in [6.07, 6.45) is 3.65. The normalized spacial score (nSPS) is 20.3. The minimum Gasteiger partial charge on any atom is -0.376 e. The first-order valence-electron chi connectivity index (χ1n) is 10.8. The van der Waals surface area contributed by atoms with Crippen molar-refractivity contribution >= 4 is 52.0 Å². The maximum atomic E-state index is 12.9. The number of aromatic nitrogens is 1. The average Bonchev–Trinajstić information content (AvgIpc) is 3.37. The zero-order valence-electron chi connectivity index (χ0n) is 18.1. The molecule has 8 nitrogen and oxygen atoms in total. The number of carbonyl (C=O) groups excluding carboxylic acids is 3. The number of nitrogens with zero attached hydrogens (tertiary/aromatic N) is 2. The van der Waals surface area contributed by atoms with Gasteiger partial charge in [-0.25, -0.2) is 0 Å². The van der Waals surface area contributed by atoms with Crippen LogP contribution >= 0.6 is 12.2 Å². The van der Waals surface area contributed by atoms with E-state index in [0.29, 0.717) is 13.1 Å². The molecule has 2 fully saturated rings. The summed E-state index contributed by atoms with van der Waals surface area (Å²) in [6, 6.07) is 7.63. The molecule has 1 atom stereocenters. The number of carbonyl (C=O) groups is 3. The van der Waals surface area contributed by atoms with Crippen LogP contribution in [0.2, 0.25) is 0 Å². The molecule has 32 heavy (non-hydrogen) atoms. The second-order valence-corrected chi connectivity index (χ2v) is 8.29. The summed E-state index contributed by atoms with van der Waals surface area (Å²) in [5.41, 5.74) is 2.41. The van der Waals surface area contributed by atoms with Gasteiger partial charge in [-0.05, 0) is 51.0 Å². The van der Waals surface area contributed by atoms with Crippen LogP contribution in [0, 0.1) is 6.92 Å². The highest BCUT2D eigenvalue weighted by molar-refractivity contribution is 7.80. The number of nitrogens with one attached hydrogen (secondary N) is 2. The lowest BCUT2D eigenvalue weighted by atomic mass is 10.0. The molecule has 0 spiro atoms. The van der Waals surface area contributed by atoms with Gasteiger partial charge < -0.3 is 14.6 Å². The van der Waals surface area contributed by atoms with Gasteiger partial charge >= 0.3 is 0 Å². The van der Waals surface area contributed by atoms with E-state index in [9.17, 15) is 14.4 Å². The van der Waals surface area contributed by atoms with Crippen LogP contribution < -0.4 is 10.6 Å². The van der Waals surface area contributed by atoms with Crippen LogP contribution in [-0.4, -0.2) is 58.1 Å². The first-order valence-corrected chi connectivity index (χ1v) is 11.2. The molecule has 1 unspecified atom stereocenters. The molecule has 0 aliphatic carbocycles. The van der Waals surface area contributed by atoms with E-state index in [1.807, 2.05) is 35.8 Å². The number of thiocarbonyl (C=S) groups is 1. The first kappa shape index (κ1) is 22.2. The highest BCUT2D eigenvalue weighted by Gasteiger charge is 2.33. The van der Waals surface area contributed by atoms with E-state index in [1.54, 1.807) is 13.0 Å². The molecule has 9 heteroatoms. The third-order valence-corrected chi connectivity index (χ3v) is 6.25. The van der Waals surface area contributed by atoms with Crippen molar-refractivity contribution in [1.82, 2.24) is 20.1 Å². The third-order valence-electron chi connectivity index (χ3n) is 5.92. The van der Waals surface area contributed by atoms with Gasteiger partial charge in [0.05, 0.1) is 6.10 Å². The summed E-state index contributed by atoms with van der Waals surface area (Å²) >= 11 is 5.11. The van der Waals surface area contributed by atoms with E-state index in [-0.39, 0.29) is 29.2 Å². The van der Waals surface area contributed by atoms with Gasteiger partial charge in [0.25, 0.3) is 11.8 Å². The topological polar surface area (TPSA) is 92.7 Å². The Morgan fingerprint density at radius 2 is 2.12 bits per heavy atom. The van der Waals surface area contributed by atoms with Crippen LogP contribution in [0.4, 0.5) is 0 Å². The highest BCUT2D eigenvalue weighted by Crippen LogP contribution is 2.29. The number of para-hydroxylation sites is 1. The van der Waals surface area contributed by atoms with Gasteiger partial charge in [-0.15, -0.1) is 0 Å². The lowest BCUT2D eigenvalue weighted by molar-refractivity contribution is -0.128. The summed E-state index contributed by atoms with van der Waals surface area (Å²) in [4.78, 5) is 39.4. The fraction of sp³-hybridized carbons (Fsp3) is 0.391. The number of amides is 3. The first-order chi connectivity index (χ1) is 15.4. The summed E-state index contributed by atoms with van der Waals surface area (Å²) in [7, 11) is 0. The monoisotopic (exact) mass is 454 g/mol. The number of likely N-dealkylation sites (N-methyl/N-ethyl adjacent to an activating group) is 1. The number of rotatable bonds is 6. The van der Waals surface area contributed by atoms with E-state index >= 15 is 0 Å². The standard InChI is InChI=1S/C23H26N4O4S/c1-3-26-22(30)18(21(29)25-23(26)32)11-17-14(2)27(19-9-5-4-8-16(17)19)13-20(28)24-12-15-7-6-10-31-15/h4-5,8-9,11,15H,3,6-7,10,12-13H2,1-2H3,(H,24,28)(H,25,29,32)/b18-11-. The Morgan fingerprint density at radius 1 is 1.34 bits per heavy atom. The fourth-order valence-corrected chi connectivity index (χ4v) is 4.51. The van der Waals surface area contributed by atoms with Gasteiger partial charge in [-0.1, -0.05) is 18.2 Å². The van der Waals surface area contributed by atoms with E-state index in [4.69, 9.17) is 17.0 Å². The lowest BCUT2D eigenvalue weighted by Gasteiger charge is -2.27. The molecule has 3 heterocycles. The van der Waals surface area contributed by atoms with E-state index in [1.165, 1.54) is 4.90 Å². The molecule has 2 N–H and O–H groups in total. The van der Waals surface area contributed by atoms with Gasteiger partial charge in [0.2, 0.25) is 5.91 Å². The molecule has 1 aromatic heterocycles. The minimum absolute atomic E-state index is 0.0225. The van der Waals surface area contributed by atoms with Crippen molar-refractivity contribution in [2.75, 3.05) is 19.7 Å². The smallest absolute Gasteiger partial charge is 0.265 e. The highest BCUT2D eigenvalue weighted by atomic mass is 32.1. The zero-order chi connectivity index (χ0) is 22.8. The summed E-state index contributed by atoms with van der Waals surface area (Å²) in [5.74, 6) is -1.06. The maximum absolute atomic E-state index is 12.9. The fourth-order valence-electron chi connectivity index (χ4n) is 4.20. The molecule has 3 amide bonds. The number of benzene rings is 1. The maximum Gasteiger partial charge on any atom is 0.265 e. The van der Waals surface area contributed by atoms with E-state index < -0.39 is 11.8 Å². The van der Waals surface area contributed by atoms with Gasteiger partial charge in [0.1, 0.15) is 12.1 Å². The largest absolute Gasteiger partial charge is 0.376 e. The van der Waals surface area contributed by atoms with Crippen molar-refractivity contribution in [3.05, 3.63) is 41.1 Å². The second-order valence-electron chi connectivity index (χ2n) is 7.91. The van der Waals surface area contributed by atoms with Crippen LogP contribution in [0.3, 0.4) is 0 Å². The molecule has 2 aromatic rings. The molecule has 0 radical (unpaired) electrons. The summed E-state index contributed by atoms with van der Waals surface area (Å²) in [6.45, 7) is 5.41. The number of ether oxygens (including phenoxy) is 1. The Kier molecular flexibility index (Phi) is 6.38. The third kappa shape index (κ3) is 4.18. The van der Waals surface area contributed by atoms with Gasteiger partial charge in [0, 0.05) is 41.9 Å². The number of hydrogen-bond acceptors (Lipinski definition) is 5. The number of hydrogen-bond donors (Lipinski definition) is 2. The van der Waals surface area contributed by atoms with Crippen molar-refractivity contribution in [3.63, 3.8) is 0 Å². The van der Waals surface area contributed by atoms with E-state index in [2.05, 4.69) is 10.6 Å². The predicted octanol–water partition coefficient (Wildman–Crippen LogP) is 1.89. The van der Waals surface area contributed by atoms with E-state index in [0.717, 1.165) is 41.6 Å². The van der Waals surface area contributed by atoms with Crippen LogP contribution in [0.25, 0.3) is 17.0 Å². The Morgan fingerprint density at radius 3 is 2.84 bits per heavy atom. The minimum atomic E-state index is -0.518. The molecule has 4 rings (SSSR count). The van der Waals surface area contributed by atoms with Crippen LogP contribution in [0.5, 0.6) is 0 Å². The van der Waals surface area contributed by atoms with Crippen molar-refractivity contribution < 1.29 is 19.1 Å². The molecule has 168 valence electrons. The molecular weight excluding hydrogens is 428 g/mol. The molecule has 2 aliphatic heterocycles. The Hall–Kier alpha value is -3.04. The Labute approximate surface area is 191 Å². The summed E-state index contributed by atoms with van der Waals surface area (Å²) < 4.78 is 7.47. The zero-order valence-corrected chi connectivity index (χ0v) is 19.0. The molecular formula is C23H26N4O4S. The summed E-state index contributed by atoms with van der Waals surface area (Å²) in [5, 5.41) is 6.50. The van der Waals surface area contributed by atoms with Crippen molar-refractivity contribution in [3.8, 4) is 0 Å². The van der Waals surface area contributed by atoms with Crippen LogP contribution in [0.1, 0.15) is 31.0 Å². The molecule has 2 aliphatic rings. The quantitative estimate of drug-likeness (QED) is 0.395. The second kappa shape index (κ2) is 9.22. The van der Waals surface area contributed by atoms with Gasteiger partial charge in [0.15, 0.2) is 5.11 Å². The average molecular weight is 455 g/mol. The predicted molar refractivity (Wildman–Crippen MR) is 125 cm³/mol. The van der Waals surface area contributed by atoms with Crippen molar-refractivity contribution in [1.29, 1.82) is 0 Å². The van der Waals surface area contributed by atoms with Crippen molar-refractivity contribution in [2.45, 2.75) is 39.3 Å². The van der Waals surface area contributed by atoms with Crippen LogP contribution in [-0.2, 0) is 25.7 Å². The van der Waals surface area contributed by atoms with Crippen LogP contribution in [0.15, 0.2) is 29.8 Å². The molecule has 2 saturated heterocycles.